The van der Waals surface area contributed by atoms with E-state index in [-0.39, 0.29) is 0 Å². The van der Waals surface area contributed by atoms with Crippen molar-refractivity contribution in [2.45, 2.75) is 26.7 Å². The van der Waals surface area contributed by atoms with Crippen LogP contribution in [0, 0.1) is 5.92 Å². The Morgan fingerprint density at radius 2 is 2.04 bits per heavy atom. The summed E-state index contributed by atoms with van der Waals surface area (Å²) < 4.78 is 16.7. The van der Waals surface area contributed by atoms with Gasteiger partial charge in [0.2, 0.25) is 0 Å². The van der Waals surface area contributed by atoms with Crippen molar-refractivity contribution in [1.82, 2.24) is 4.98 Å². The average molecular weight is 330 g/mol. The van der Waals surface area contributed by atoms with Crippen molar-refractivity contribution in [3.63, 3.8) is 0 Å². The molecule has 1 aliphatic carbocycles. The average Bonchev–Trinajstić information content (AvgIpc) is 2.95. The van der Waals surface area contributed by atoms with Gasteiger partial charge in [-0.05, 0) is 37.3 Å². The number of rotatable bonds is 7. The Kier molecular flexibility index (Phi) is 5.09. The van der Waals surface area contributed by atoms with Crippen LogP contribution in [-0.2, 0) is 17.6 Å². The summed E-state index contributed by atoms with van der Waals surface area (Å²) >= 11 is 0. The van der Waals surface area contributed by atoms with Crippen molar-refractivity contribution in [3.05, 3.63) is 23.4 Å². The van der Waals surface area contributed by atoms with Gasteiger partial charge in [0.25, 0.3) is 0 Å². The second kappa shape index (κ2) is 7.26. The molecule has 0 spiro atoms. The molecule has 0 aliphatic heterocycles. The molecule has 1 N–H and O–H groups in total. The highest BCUT2D eigenvalue weighted by Crippen LogP contribution is 2.40. The monoisotopic (exact) mass is 330 g/mol. The number of nitrogens with zero attached hydrogens (tertiary/aromatic N) is 1. The molecule has 1 aromatic carbocycles. The van der Waals surface area contributed by atoms with Gasteiger partial charge in [-0.25, -0.2) is 0 Å². The van der Waals surface area contributed by atoms with Gasteiger partial charge in [0.15, 0.2) is 11.5 Å². The Morgan fingerprint density at radius 1 is 1.21 bits per heavy atom. The van der Waals surface area contributed by atoms with Gasteiger partial charge >= 0.3 is 0 Å². The Morgan fingerprint density at radius 3 is 2.75 bits per heavy atom. The zero-order valence-electron chi connectivity index (χ0n) is 14.9. The first-order valence-electron chi connectivity index (χ1n) is 8.59. The van der Waals surface area contributed by atoms with E-state index in [2.05, 4.69) is 12.2 Å². The number of nitrogens with one attached hydrogen (secondary N) is 1. The summed E-state index contributed by atoms with van der Waals surface area (Å²) in [4.78, 5) is 4.89. The SMILES string of the molecule is CCOCCOc1cc2nc3c(c(NC)c2cc1OC)CC(C)C3. The molecule has 0 saturated carbocycles. The third-order valence-electron chi connectivity index (χ3n) is 4.49. The quantitative estimate of drug-likeness (QED) is 0.788. The van der Waals surface area contributed by atoms with E-state index in [0.29, 0.717) is 31.5 Å². The predicted octanol–water partition coefficient (Wildman–Crippen LogP) is 3.44. The number of hydrogen-bond acceptors (Lipinski definition) is 5. The summed E-state index contributed by atoms with van der Waals surface area (Å²) in [5.74, 6) is 2.08. The summed E-state index contributed by atoms with van der Waals surface area (Å²) in [6.07, 6.45) is 2.11. The van der Waals surface area contributed by atoms with Gasteiger partial charge in [0.1, 0.15) is 6.61 Å². The highest BCUT2D eigenvalue weighted by atomic mass is 16.5. The lowest BCUT2D eigenvalue weighted by molar-refractivity contribution is 0.109. The van der Waals surface area contributed by atoms with E-state index >= 15 is 0 Å². The van der Waals surface area contributed by atoms with Crippen molar-refractivity contribution in [2.75, 3.05) is 39.3 Å². The first-order chi connectivity index (χ1) is 11.7. The van der Waals surface area contributed by atoms with Crippen LogP contribution in [0.15, 0.2) is 12.1 Å². The molecule has 5 heteroatoms. The molecule has 3 rings (SSSR count). The number of hydrogen-bond donors (Lipinski definition) is 1. The van der Waals surface area contributed by atoms with Crippen molar-refractivity contribution in [1.29, 1.82) is 0 Å². The zero-order chi connectivity index (χ0) is 17.1. The minimum absolute atomic E-state index is 0.497. The number of benzene rings is 1. The normalized spacial score (nSPS) is 16.2. The maximum absolute atomic E-state index is 5.84. The number of methoxy groups -OCH3 is 1. The standard InChI is InChI=1S/C19H26N2O3/c1-5-23-6-7-24-18-11-16-14(10-17(18)22-4)19(20-3)13-8-12(2)9-15(13)21-16/h10-12H,5-9H2,1-4H3,(H,20,21). The highest BCUT2D eigenvalue weighted by molar-refractivity contribution is 5.95. The molecule has 2 aromatic rings. The van der Waals surface area contributed by atoms with E-state index in [0.717, 1.165) is 29.5 Å². The van der Waals surface area contributed by atoms with E-state index in [9.17, 15) is 0 Å². The molecule has 1 atom stereocenters. The third kappa shape index (κ3) is 3.13. The number of pyridine rings is 1. The fourth-order valence-electron chi connectivity index (χ4n) is 3.41. The summed E-state index contributed by atoms with van der Waals surface area (Å²) in [6, 6.07) is 4.00. The molecule has 0 amide bonds. The zero-order valence-corrected chi connectivity index (χ0v) is 14.9. The topological polar surface area (TPSA) is 52.6 Å². The Bertz CT molecular complexity index is 730. The second-order valence-electron chi connectivity index (χ2n) is 6.24. The number of aromatic nitrogens is 1. The van der Waals surface area contributed by atoms with Crippen LogP contribution in [0.5, 0.6) is 11.5 Å². The molecular formula is C19H26N2O3. The maximum Gasteiger partial charge on any atom is 0.163 e. The van der Waals surface area contributed by atoms with Gasteiger partial charge in [0.05, 0.1) is 19.2 Å². The number of anilines is 1. The Balaban J connectivity index is 2.02. The molecule has 0 saturated heterocycles. The lowest BCUT2D eigenvalue weighted by Gasteiger charge is -2.16. The van der Waals surface area contributed by atoms with Crippen LogP contribution in [0.4, 0.5) is 5.69 Å². The van der Waals surface area contributed by atoms with Crippen LogP contribution in [0.25, 0.3) is 10.9 Å². The van der Waals surface area contributed by atoms with Crippen LogP contribution in [-0.4, -0.2) is 39.0 Å². The van der Waals surface area contributed by atoms with E-state index in [4.69, 9.17) is 19.2 Å². The minimum atomic E-state index is 0.497. The molecule has 1 aromatic heterocycles. The van der Waals surface area contributed by atoms with Gasteiger partial charge in [-0.15, -0.1) is 0 Å². The Labute approximate surface area is 143 Å². The molecule has 0 fully saturated rings. The summed E-state index contributed by atoms with van der Waals surface area (Å²) in [5.41, 5.74) is 4.65. The molecular weight excluding hydrogens is 304 g/mol. The number of ether oxygens (including phenoxy) is 3. The number of fused-ring (bicyclic) bond motifs is 2. The van der Waals surface area contributed by atoms with Crippen LogP contribution < -0.4 is 14.8 Å². The van der Waals surface area contributed by atoms with Gasteiger partial charge < -0.3 is 19.5 Å². The fraction of sp³-hybridized carbons (Fsp3) is 0.526. The van der Waals surface area contributed by atoms with Gasteiger partial charge in [0, 0.05) is 36.5 Å². The fourth-order valence-corrected chi connectivity index (χ4v) is 3.41. The van der Waals surface area contributed by atoms with Gasteiger partial charge in [-0.3, -0.25) is 4.98 Å². The minimum Gasteiger partial charge on any atom is -0.493 e. The second-order valence-corrected chi connectivity index (χ2v) is 6.24. The van der Waals surface area contributed by atoms with Crippen molar-refractivity contribution >= 4 is 16.6 Å². The van der Waals surface area contributed by atoms with E-state index < -0.39 is 0 Å². The summed E-state index contributed by atoms with van der Waals surface area (Å²) in [5, 5.41) is 4.45. The molecule has 5 nitrogen and oxygen atoms in total. The Hall–Kier alpha value is -2.01. The molecule has 1 unspecified atom stereocenters. The predicted molar refractivity (Wildman–Crippen MR) is 96.4 cm³/mol. The first kappa shape index (κ1) is 16.8. The van der Waals surface area contributed by atoms with Crippen molar-refractivity contribution in [2.24, 2.45) is 5.92 Å². The molecule has 0 bridgehead atoms. The molecule has 1 heterocycles. The summed E-state index contributed by atoms with van der Waals surface area (Å²) in [7, 11) is 3.63. The molecule has 130 valence electrons. The largest absolute Gasteiger partial charge is 0.493 e. The third-order valence-corrected chi connectivity index (χ3v) is 4.49. The van der Waals surface area contributed by atoms with Crippen molar-refractivity contribution < 1.29 is 14.2 Å². The lowest BCUT2D eigenvalue weighted by Crippen LogP contribution is -2.07. The molecule has 1 aliphatic rings. The van der Waals surface area contributed by atoms with Crippen LogP contribution in [0.3, 0.4) is 0 Å². The van der Waals surface area contributed by atoms with Crippen LogP contribution in [0.1, 0.15) is 25.1 Å². The molecule has 24 heavy (non-hydrogen) atoms. The summed E-state index contributed by atoms with van der Waals surface area (Å²) in [6.45, 7) is 6.00. The van der Waals surface area contributed by atoms with Crippen LogP contribution >= 0.6 is 0 Å². The van der Waals surface area contributed by atoms with Crippen LogP contribution in [0.2, 0.25) is 0 Å². The first-order valence-corrected chi connectivity index (χ1v) is 8.59. The molecule has 0 radical (unpaired) electrons. The van der Waals surface area contributed by atoms with E-state index in [1.807, 2.05) is 26.1 Å². The lowest BCUT2D eigenvalue weighted by atomic mass is 10.1. The maximum atomic E-state index is 5.84. The van der Waals surface area contributed by atoms with Crippen molar-refractivity contribution in [3.8, 4) is 11.5 Å². The highest BCUT2D eigenvalue weighted by Gasteiger charge is 2.24. The van der Waals surface area contributed by atoms with Gasteiger partial charge in [-0.2, -0.15) is 0 Å². The van der Waals surface area contributed by atoms with E-state index in [1.54, 1.807) is 7.11 Å². The van der Waals surface area contributed by atoms with E-state index in [1.165, 1.54) is 16.9 Å². The van der Waals surface area contributed by atoms with Gasteiger partial charge in [-0.1, -0.05) is 6.92 Å². The smallest absolute Gasteiger partial charge is 0.163 e.